The molecule has 0 amide bonds. The van der Waals surface area contributed by atoms with Crippen molar-refractivity contribution in [1.29, 1.82) is 0 Å². The van der Waals surface area contributed by atoms with Gasteiger partial charge in [-0.15, -0.1) is 0 Å². The summed E-state index contributed by atoms with van der Waals surface area (Å²) in [6, 6.07) is 7.28. The van der Waals surface area contributed by atoms with Crippen LogP contribution < -0.4 is 9.47 Å². The molecule has 9 heteroatoms. The number of piperidine rings is 1. The summed E-state index contributed by atoms with van der Waals surface area (Å²) in [4.78, 5) is 6.63. The first-order valence-electron chi connectivity index (χ1n) is 12.5. The highest BCUT2D eigenvalue weighted by molar-refractivity contribution is 5.84. The first kappa shape index (κ1) is 27.2. The molecule has 1 unspecified atom stereocenters. The zero-order chi connectivity index (χ0) is 26.6. The van der Waals surface area contributed by atoms with Gasteiger partial charge in [-0.1, -0.05) is 0 Å². The van der Waals surface area contributed by atoms with Crippen molar-refractivity contribution in [2.45, 2.75) is 38.7 Å². The molecule has 1 saturated heterocycles. The third kappa shape index (κ3) is 6.17. The first-order chi connectivity index (χ1) is 17.7. The van der Waals surface area contributed by atoms with E-state index in [0.717, 1.165) is 60.1 Å². The van der Waals surface area contributed by atoms with Crippen LogP contribution in [0.5, 0.6) is 11.5 Å². The quantitative estimate of drug-likeness (QED) is 0.371. The van der Waals surface area contributed by atoms with E-state index < -0.39 is 23.6 Å². The van der Waals surface area contributed by atoms with E-state index in [1.54, 1.807) is 13.3 Å². The second-order valence-electron chi connectivity index (χ2n) is 9.84. The Labute approximate surface area is 214 Å². The van der Waals surface area contributed by atoms with Crippen LogP contribution in [-0.4, -0.2) is 60.1 Å². The summed E-state index contributed by atoms with van der Waals surface area (Å²) in [5.74, 6) is -3.43. The van der Waals surface area contributed by atoms with E-state index in [0.29, 0.717) is 25.1 Å². The Hall–Kier alpha value is -2.88. The lowest BCUT2D eigenvalue weighted by Gasteiger charge is -2.41. The number of nitrogens with zero attached hydrogens (tertiary/aromatic N) is 2. The van der Waals surface area contributed by atoms with Crippen LogP contribution in [0.3, 0.4) is 0 Å². The molecule has 1 atom stereocenters. The number of benzene rings is 2. The van der Waals surface area contributed by atoms with Gasteiger partial charge < -0.3 is 19.7 Å². The largest absolute Gasteiger partial charge is 0.497 e. The molecule has 3 aromatic rings. The topological polar surface area (TPSA) is 75.0 Å². The van der Waals surface area contributed by atoms with Crippen molar-refractivity contribution in [3.8, 4) is 11.5 Å². The molecule has 4 rings (SSSR count). The minimum Gasteiger partial charge on any atom is -0.497 e. The van der Waals surface area contributed by atoms with Crippen molar-refractivity contribution in [1.82, 2.24) is 9.88 Å². The number of ether oxygens (including phenoxy) is 2. The van der Waals surface area contributed by atoms with Gasteiger partial charge in [0.05, 0.1) is 18.7 Å². The van der Waals surface area contributed by atoms with Crippen molar-refractivity contribution >= 4 is 10.9 Å². The molecule has 37 heavy (non-hydrogen) atoms. The zero-order valence-corrected chi connectivity index (χ0v) is 21.1. The second kappa shape index (κ2) is 11.7. The van der Waals surface area contributed by atoms with Crippen molar-refractivity contribution in [2.24, 2.45) is 5.41 Å². The Bertz CT molecular complexity index is 1210. The number of pyridine rings is 1. The summed E-state index contributed by atoms with van der Waals surface area (Å²) in [6.45, 7) is 4.15. The molecule has 2 aromatic carbocycles. The molecule has 1 fully saturated rings. The molecule has 0 spiro atoms. The van der Waals surface area contributed by atoms with Gasteiger partial charge in [0, 0.05) is 36.9 Å². The van der Waals surface area contributed by atoms with Gasteiger partial charge in [-0.05, 0) is 80.4 Å². The number of hydrogen-bond donors (Lipinski definition) is 2. The van der Waals surface area contributed by atoms with Crippen LogP contribution in [0.4, 0.5) is 13.2 Å². The molecule has 0 saturated carbocycles. The predicted octanol–water partition coefficient (Wildman–Crippen LogP) is 4.94. The van der Waals surface area contributed by atoms with E-state index in [1.807, 2.05) is 25.1 Å². The highest BCUT2D eigenvalue weighted by Gasteiger charge is 2.34. The number of aromatic nitrogens is 1. The summed E-state index contributed by atoms with van der Waals surface area (Å²) in [5.41, 5.74) is 2.23. The predicted molar refractivity (Wildman–Crippen MR) is 134 cm³/mol. The maximum Gasteiger partial charge on any atom is 0.194 e. The van der Waals surface area contributed by atoms with Crippen LogP contribution >= 0.6 is 0 Å². The van der Waals surface area contributed by atoms with Gasteiger partial charge >= 0.3 is 0 Å². The fourth-order valence-electron chi connectivity index (χ4n) is 5.09. The Morgan fingerprint density at radius 1 is 1.08 bits per heavy atom. The Morgan fingerprint density at radius 3 is 2.43 bits per heavy atom. The maximum atomic E-state index is 13.4. The highest BCUT2D eigenvalue weighted by atomic mass is 19.2. The monoisotopic (exact) mass is 518 g/mol. The smallest absolute Gasteiger partial charge is 0.194 e. The van der Waals surface area contributed by atoms with Crippen LogP contribution in [0.2, 0.25) is 0 Å². The van der Waals surface area contributed by atoms with E-state index >= 15 is 0 Å². The van der Waals surface area contributed by atoms with E-state index in [2.05, 4.69) is 9.88 Å². The van der Waals surface area contributed by atoms with Crippen LogP contribution in [0, 0.1) is 29.8 Å². The molecule has 6 nitrogen and oxygen atoms in total. The van der Waals surface area contributed by atoms with E-state index in [9.17, 15) is 23.4 Å². The third-order valence-corrected chi connectivity index (χ3v) is 7.48. The van der Waals surface area contributed by atoms with Gasteiger partial charge in [-0.2, -0.15) is 0 Å². The number of likely N-dealkylation sites (tertiary alicyclic amines) is 1. The molecule has 0 radical (unpaired) electrons. The molecule has 1 aliphatic rings. The van der Waals surface area contributed by atoms with E-state index in [4.69, 9.17) is 9.47 Å². The lowest BCUT2D eigenvalue weighted by Crippen LogP contribution is -2.43. The lowest BCUT2D eigenvalue weighted by molar-refractivity contribution is 0.0204. The van der Waals surface area contributed by atoms with Crippen molar-refractivity contribution < 1.29 is 32.9 Å². The fraction of sp³-hybridized carbons (Fsp3) is 0.464. The summed E-state index contributed by atoms with van der Waals surface area (Å²) in [5, 5.41) is 22.3. The number of halogens is 3. The number of aryl methyl sites for hydroxylation is 1. The van der Waals surface area contributed by atoms with Gasteiger partial charge in [0.15, 0.2) is 17.5 Å². The molecule has 2 N–H and O–H groups in total. The van der Waals surface area contributed by atoms with E-state index in [1.165, 1.54) is 0 Å². The Morgan fingerprint density at radius 2 is 1.78 bits per heavy atom. The van der Waals surface area contributed by atoms with Crippen LogP contribution in [-0.2, 0) is 0 Å². The molecular formula is C28H33F3N2O4. The van der Waals surface area contributed by atoms with Gasteiger partial charge in [-0.3, -0.25) is 9.88 Å². The number of aliphatic hydroxyl groups excluding tert-OH is 2. The van der Waals surface area contributed by atoms with Crippen LogP contribution in [0.1, 0.15) is 42.9 Å². The number of aliphatic hydroxyl groups is 2. The minimum absolute atomic E-state index is 0.0299. The third-order valence-electron chi connectivity index (χ3n) is 7.48. The van der Waals surface area contributed by atoms with Crippen molar-refractivity contribution in [2.75, 3.05) is 40.0 Å². The minimum atomic E-state index is -1.51. The van der Waals surface area contributed by atoms with Gasteiger partial charge in [0.25, 0.3) is 0 Å². The van der Waals surface area contributed by atoms with Crippen molar-refractivity contribution in [3.05, 3.63) is 65.1 Å². The summed E-state index contributed by atoms with van der Waals surface area (Å²) in [7, 11) is 1.60. The van der Waals surface area contributed by atoms with E-state index in [-0.39, 0.29) is 24.4 Å². The molecule has 1 aromatic heterocycles. The number of methoxy groups -OCH3 is 1. The molecule has 2 heterocycles. The standard InChI is InChI=1S/C28H33F3N2O4/c1-18-16-32-24-4-3-19(36-2)13-21(24)26(18)25(35)5-6-28(17-34)7-9-33(10-8-28)11-12-37-20-14-22(29)27(31)23(30)15-20/h3-4,13-16,25,34-35H,5-12,17H2,1-2H3. The fourth-order valence-corrected chi connectivity index (χ4v) is 5.09. The first-order valence-corrected chi connectivity index (χ1v) is 12.5. The Kier molecular flexibility index (Phi) is 8.56. The summed E-state index contributed by atoms with van der Waals surface area (Å²) < 4.78 is 50.6. The van der Waals surface area contributed by atoms with Gasteiger partial charge in [-0.25, -0.2) is 13.2 Å². The summed E-state index contributed by atoms with van der Waals surface area (Å²) >= 11 is 0. The molecule has 200 valence electrons. The van der Waals surface area contributed by atoms with Crippen LogP contribution in [0.25, 0.3) is 10.9 Å². The average Bonchev–Trinajstić information content (AvgIpc) is 2.90. The Balaban J connectivity index is 1.32. The molecular weight excluding hydrogens is 485 g/mol. The maximum absolute atomic E-state index is 13.4. The zero-order valence-electron chi connectivity index (χ0n) is 21.1. The van der Waals surface area contributed by atoms with Gasteiger partial charge in [0.2, 0.25) is 0 Å². The van der Waals surface area contributed by atoms with Crippen molar-refractivity contribution in [3.63, 3.8) is 0 Å². The molecule has 1 aliphatic heterocycles. The highest BCUT2D eigenvalue weighted by Crippen LogP contribution is 2.39. The normalized spacial score (nSPS) is 16.6. The number of rotatable bonds is 10. The SMILES string of the molecule is COc1ccc2ncc(C)c(C(O)CCC3(CO)CCN(CCOc4cc(F)c(F)c(F)c4)CC3)c2c1. The van der Waals surface area contributed by atoms with Gasteiger partial charge in [0.1, 0.15) is 18.1 Å². The number of fused-ring (bicyclic) bond motifs is 1. The average molecular weight is 519 g/mol. The molecule has 0 bridgehead atoms. The second-order valence-corrected chi connectivity index (χ2v) is 9.84. The number of hydrogen-bond acceptors (Lipinski definition) is 6. The summed E-state index contributed by atoms with van der Waals surface area (Å²) in [6.07, 6.45) is 3.73. The lowest BCUT2D eigenvalue weighted by atomic mass is 9.74. The molecule has 0 aliphatic carbocycles. The van der Waals surface area contributed by atoms with Crippen LogP contribution in [0.15, 0.2) is 36.5 Å².